The molecule has 3 aromatic rings. The Kier molecular flexibility index (Phi) is 9.43. The van der Waals surface area contributed by atoms with Crippen LogP contribution in [0.2, 0.25) is 0 Å². The number of hydrogen-bond donors (Lipinski definition) is 2. The van der Waals surface area contributed by atoms with E-state index in [1.165, 1.54) is 14.0 Å². The number of benzene rings is 1. The zero-order valence-corrected chi connectivity index (χ0v) is 23.8. The minimum atomic E-state index is -4.19. The first kappa shape index (κ1) is 29.4. The van der Waals surface area contributed by atoms with Crippen LogP contribution in [0.5, 0.6) is 5.88 Å². The first-order chi connectivity index (χ1) is 17.8. The zero-order chi connectivity index (χ0) is 28.1. The van der Waals surface area contributed by atoms with Crippen molar-refractivity contribution in [2.24, 2.45) is 5.92 Å². The Bertz CT molecular complexity index is 1500. The molecule has 38 heavy (non-hydrogen) atoms. The molecule has 206 valence electrons. The molecular formula is C23H28N4O8S3. The van der Waals surface area contributed by atoms with Gasteiger partial charge in [0, 0.05) is 5.56 Å². The van der Waals surface area contributed by atoms with E-state index in [9.17, 15) is 21.6 Å². The maximum atomic E-state index is 13.4. The van der Waals surface area contributed by atoms with Gasteiger partial charge in [-0.15, -0.1) is 11.3 Å². The molecule has 2 N–H and O–H groups in total. The average Bonchev–Trinajstić information content (AvgIpc) is 3.34. The molecule has 0 aliphatic rings. The molecule has 0 bridgehead atoms. The van der Waals surface area contributed by atoms with Gasteiger partial charge in [0.1, 0.15) is 4.21 Å². The first-order valence-corrected chi connectivity index (χ1v) is 15.4. The fourth-order valence-electron chi connectivity index (χ4n) is 3.09. The summed E-state index contributed by atoms with van der Waals surface area (Å²) in [5.74, 6) is -0.882. The number of anilines is 1. The summed E-state index contributed by atoms with van der Waals surface area (Å²) in [4.78, 5) is 26.0. The smallest absolute Gasteiger partial charge is 0.295 e. The summed E-state index contributed by atoms with van der Waals surface area (Å²) < 4.78 is 61.5. The quantitative estimate of drug-likeness (QED) is 0.239. The molecule has 0 fully saturated rings. The van der Waals surface area contributed by atoms with Gasteiger partial charge >= 0.3 is 0 Å². The highest BCUT2D eigenvalue weighted by Crippen LogP contribution is 2.34. The van der Waals surface area contributed by atoms with Crippen molar-refractivity contribution in [1.29, 1.82) is 0 Å². The molecule has 1 amide bonds. The summed E-state index contributed by atoms with van der Waals surface area (Å²) in [5, 5.41) is 1.62. The van der Waals surface area contributed by atoms with Gasteiger partial charge in [-0.1, -0.05) is 38.1 Å². The Balaban J connectivity index is 1.87. The number of sulfonamides is 1. The highest BCUT2D eigenvalue weighted by Gasteiger charge is 2.26. The number of ether oxygens (including phenoxy) is 1. The molecule has 0 saturated carbocycles. The summed E-state index contributed by atoms with van der Waals surface area (Å²) in [7, 11) is -6.48. The number of carbonyl (C=O) groups is 1. The third kappa shape index (κ3) is 7.70. The Morgan fingerprint density at radius 1 is 1.08 bits per heavy atom. The lowest BCUT2D eigenvalue weighted by Crippen LogP contribution is -2.28. The van der Waals surface area contributed by atoms with Gasteiger partial charge in [0.2, 0.25) is 5.82 Å². The van der Waals surface area contributed by atoms with Gasteiger partial charge in [-0.05, 0) is 35.4 Å². The van der Waals surface area contributed by atoms with Crippen LogP contribution in [0.4, 0.5) is 5.82 Å². The second-order valence-corrected chi connectivity index (χ2v) is 13.0. The minimum absolute atomic E-state index is 0.00617. The predicted octanol–water partition coefficient (Wildman–Crippen LogP) is 3.12. The average molecular weight is 585 g/mol. The third-order valence-electron chi connectivity index (χ3n) is 4.84. The Morgan fingerprint density at radius 2 is 1.76 bits per heavy atom. The molecule has 2 heterocycles. The fraction of sp³-hybridized carbons (Fsp3) is 0.348. The number of hydroxylamine groups is 1. The number of hydrogen-bond acceptors (Lipinski definition) is 11. The molecule has 0 unspecified atom stereocenters. The van der Waals surface area contributed by atoms with Gasteiger partial charge in [-0.2, -0.15) is 8.42 Å². The molecule has 0 saturated heterocycles. The molecule has 0 atom stereocenters. The van der Waals surface area contributed by atoms with Crippen LogP contribution in [0.1, 0.15) is 35.6 Å². The summed E-state index contributed by atoms with van der Waals surface area (Å²) in [6.45, 7) is 5.50. The summed E-state index contributed by atoms with van der Waals surface area (Å²) in [5.41, 5.74) is 3.95. The monoisotopic (exact) mass is 584 g/mol. The molecular weight excluding hydrogens is 556 g/mol. The molecule has 12 nitrogen and oxygen atoms in total. The van der Waals surface area contributed by atoms with E-state index in [2.05, 4.69) is 20.2 Å². The van der Waals surface area contributed by atoms with Crippen molar-refractivity contribution in [3.05, 3.63) is 52.7 Å². The van der Waals surface area contributed by atoms with Crippen molar-refractivity contribution in [3.8, 4) is 17.0 Å². The largest absolute Gasteiger partial charge is 0.478 e. The first-order valence-electron chi connectivity index (χ1n) is 11.2. The standard InChI is InChI=1S/C23H28N4O8S3/c1-14(2)12-34-26-21(28)19-15(3)24-22(33-4)20(25-19)27-38(31,32)23-18(10-11-36-23)17-8-6-16(7-9-17)13-35-37(5,29)30/h6-11,14H,12-13H2,1-5H3,(H,25,27)(H,26,28). The van der Waals surface area contributed by atoms with Crippen LogP contribution in [0.3, 0.4) is 0 Å². The zero-order valence-electron chi connectivity index (χ0n) is 21.3. The number of aromatic nitrogens is 2. The molecule has 0 spiro atoms. The summed E-state index contributed by atoms with van der Waals surface area (Å²) >= 11 is 0.987. The van der Waals surface area contributed by atoms with E-state index < -0.39 is 26.0 Å². The van der Waals surface area contributed by atoms with Crippen LogP contribution >= 0.6 is 11.3 Å². The van der Waals surface area contributed by atoms with Gasteiger partial charge in [-0.25, -0.2) is 23.9 Å². The molecule has 0 aliphatic heterocycles. The van der Waals surface area contributed by atoms with Crippen molar-refractivity contribution < 1.29 is 35.4 Å². The van der Waals surface area contributed by atoms with E-state index in [1.54, 1.807) is 35.7 Å². The van der Waals surface area contributed by atoms with Gasteiger partial charge < -0.3 is 4.74 Å². The number of methoxy groups -OCH3 is 1. The van der Waals surface area contributed by atoms with E-state index in [-0.39, 0.29) is 46.4 Å². The van der Waals surface area contributed by atoms with Crippen molar-refractivity contribution in [2.75, 3.05) is 24.7 Å². The number of nitrogens with zero attached hydrogens (tertiary/aromatic N) is 2. The number of nitrogens with one attached hydrogen (secondary N) is 2. The van der Waals surface area contributed by atoms with Crippen molar-refractivity contribution in [1.82, 2.24) is 15.4 Å². The summed E-state index contributed by atoms with van der Waals surface area (Å²) in [6, 6.07) is 8.25. The fourth-order valence-corrected chi connectivity index (χ4v) is 5.84. The molecule has 0 radical (unpaired) electrons. The number of amides is 1. The second kappa shape index (κ2) is 12.2. The van der Waals surface area contributed by atoms with Crippen molar-refractivity contribution >= 4 is 43.2 Å². The minimum Gasteiger partial charge on any atom is -0.478 e. The number of aryl methyl sites for hydroxylation is 1. The molecule has 1 aromatic carbocycles. The predicted molar refractivity (Wildman–Crippen MR) is 142 cm³/mol. The van der Waals surface area contributed by atoms with Gasteiger partial charge in [0.05, 0.1) is 32.3 Å². The molecule has 15 heteroatoms. The molecule has 3 rings (SSSR count). The van der Waals surface area contributed by atoms with Crippen LogP contribution in [0.25, 0.3) is 11.1 Å². The van der Waals surface area contributed by atoms with Gasteiger partial charge in [0.15, 0.2) is 5.69 Å². The Morgan fingerprint density at radius 3 is 2.37 bits per heavy atom. The lowest BCUT2D eigenvalue weighted by molar-refractivity contribution is 0.0204. The van der Waals surface area contributed by atoms with Crippen LogP contribution in [-0.4, -0.2) is 52.7 Å². The number of thiophene rings is 1. The number of rotatable bonds is 12. The Hall–Kier alpha value is -3.11. The van der Waals surface area contributed by atoms with E-state index in [1.807, 2.05) is 13.8 Å². The maximum absolute atomic E-state index is 13.4. The third-order valence-corrected chi connectivity index (χ3v) is 8.21. The highest BCUT2D eigenvalue weighted by molar-refractivity contribution is 7.94. The number of carbonyl (C=O) groups excluding carboxylic acids is 1. The topological polar surface area (TPSA) is 163 Å². The molecule has 0 aliphatic carbocycles. The van der Waals surface area contributed by atoms with E-state index in [4.69, 9.17) is 13.8 Å². The van der Waals surface area contributed by atoms with E-state index in [0.29, 0.717) is 16.7 Å². The lowest BCUT2D eigenvalue weighted by atomic mass is 10.1. The van der Waals surface area contributed by atoms with E-state index >= 15 is 0 Å². The van der Waals surface area contributed by atoms with Gasteiger partial charge in [-0.3, -0.25) is 18.5 Å². The van der Waals surface area contributed by atoms with Crippen LogP contribution < -0.4 is 14.9 Å². The Labute approximate surface area is 225 Å². The normalized spacial score (nSPS) is 11.9. The second-order valence-electron chi connectivity index (χ2n) is 8.54. The highest BCUT2D eigenvalue weighted by atomic mass is 32.2. The molecule has 2 aromatic heterocycles. The van der Waals surface area contributed by atoms with Crippen LogP contribution in [-0.2, 0) is 35.8 Å². The SMILES string of the molecule is COc1nc(C)c(C(=O)NOCC(C)C)nc1NS(=O)(=O)c1sccc1-c1ccc(COS(C)(=O)=O)cc1. The van der Waals surface area contributed by atoms with Crippen LogP contribution in [0, 0.1) is 12.8 Å². The van der Waals surface area contributed by atoms with E-state index in [0.717, 1.165) is 17.6 Å². The van der Waals surface area contributed by atoms with Gasteiger partial charge in [0.25, 0.3) is 31.9 Å². The van der Waals surface area contributed by atoms with Crippen molar-refractivity contribution in [3.63, 3.8) is 0 Å². The van der Waals surface area contributed by atoms with Crippen molar-refractivity contribution in [2.45, 2.75) is 31.6 Å². The summed E-state index contributed by atoms with van der Waals surface area (Å²) in [6.07, 6.45) is 0.959. The van der Waals surface area contributed by atoms with Crippen LogP contribution in [0.15, 0.2) is 39.9 Å². The maximum Gasteiger partial charge on any atom is 0.295 e. The lowest BCUT2D eigenvalue weighted by Gasteiger charge is -2.14.